The number of nitriles is 1. The lowest BCUT2D eigenvalue weighted by atomic mass is 9.85. The molecule has 0 atom stereocenters. The lowest BCUT2D eigenvalue weighted by Crippen LogP contribution is -2.34. The number of pyridine rings is 1. The Morgan fingerprint density at radius 3 is 2.29 bits per heavy atom. The molecule has 2 rings (SSSR count). The maximum absolute atomic E-state index is 13.1. The Morgan fingerprint density at radius 1 is 1.21 bits per heavy atom. The van der Waals surface area contributed by atoms with Crippen LogP contribution in [0, 0.1) is 16.7 Å². The molecule has 0 fully saturated rings. The fourth-order valence-corrected chi connectivity index (χ4v) is 2.46. The number of carbonyl (C=O) groups excluding carboxylic acids is 2. The highest BCUT2D eigenvalue weighted by atomic mass is 19.4. The predicted molar refractivity (Wildman–Crippen MR) is 90.6 cm³/mol. The minimum Gasteiger partial charge on any atom is -0.493 e. The average molecular weight is 396 g/mol. The molecule has 0 radical (unpaired) electrons. The summed E-state index contributed by atoms with van der Waals surface area (Å²) in [5, 5.41) is 9.24. The zero-order chi connectivity index (χ0) is 21.5. The maximum Gasteiger partial charge on any atom is 0.394 e. The van der Waals surface area contributed by atoms with Crippen LogP contribution in [-0.4, -0.2) is 34.0 Å². The van der Waals surface area contributed by atoms with E-state index in [1.54, 1.807) is 4.57 Å². The summed E-state index contributed by atoms with van der Waals surface area (Å²) in [5.41, 5.74) is -1.20. The standard InChI is InChI=1S/C17H19F3N4O.CO2/c1-5-14-22-10-12(8-21)24(14)15-13(25-4)6-11(9-23-15)7-16(2,3)17(18,19)20;2-1-3/h6,9-10H,5,7H2,1-4H3;. The van der Waals surface area contributed by atoms with E-state index in [4.69, 9.17) is 14.3 Å². The van der Waals surface area contributed by atoms with Crippen molar-refractivity contribution in [2.24, 2.45) is 5.41 Å². The number of aryl methyl sites for hydroxylation is 1. The van der Waals surface area contributed by atoms with E-state index >= 15 is 0 Å². The Bertz CT molecular complexity index is 892. The van der Waals surface area contributed by atoms with Crippen molar-refractivity contribution in [1.82, 2.24) is 14.5 Å². The lowest BCUT2D eigenvalue weighted by Gasteiger charge is -2.27. The molecule has 0 amide bonds. The van der Waals surface area contributed by atoms with E-state index in [2.05, 4.69) is 9.97 Å². The van der Waals surface area contributed by atoms with Gasteiger partial charge in [0, 0.05) is 12.6 Å². The van der Waals surface area contributed by atoms with Gasteiger partial charge in [-0.1, -0.05) is 20.8 Å². The zero-order valence-corrected chi connectivity index (χ0v) is 15.8. The average Bonchev–Trinajstić information content (AvgIpc) is 3.03. The number of imidazole rings is 1. The van der Waals surface area contributed by atoms with Crippen molar-refractivity contribution in [1.29, 1.82) is 5.26 Å². The lowest BCUT2D eigenvalue weighted by molar-refractivity contribution is -0.211. The van der Waals surface area contributed by atoms with Crippen LogP contribution in [0.3, 0.4) is 0 Å². The Labute approximate surface area is 159 Å². The van der Waals surface area contributed by atoms with Crippen molar-refractivity contribution < 1.29 is 27.5 Å². The highest BCUT2D eigenvalue weighted by Gasteiger charge is 2.47. The van der Waals surface area contributed by atoms with Crippen LogP contribution in [0.2, 0.25) is 0 Å². The number of hydrogen-bond donors (Lipinski definition) is 0. The van der Waals surface area contributed by atoms with Gasteiger partial charge < -0.3 is 4.74 Å². The van der Waals surface area contributed by atoms with Crippen LogP contribution in [0.5, 0.6) is 5.75 Å². The van der Waals surface area contributed by atoms with E-state index < -0.39 is 11.6 Å². The number of rotatable bonds is 5. The van der Waals surface area contributed by atoms with Gasteiger partial charge in [-0.3, -0.25) is 4.57 Å². The summed E-state index contributed by atoms with van der Waals surface area (Å²) in [5.74, 6) is 1.24. The summed E-state index contributed by atoms with van der Waals surface area (Å²) in [6, 6.07) is 3.55. The summed E-state index contributed by atoms with van der Waals surface area (Å²) in [6.45, 7) is 4.17. The molecule has 0 saturated carbocycles. The predicted octanol–water partition coefficient (Wildman–Crippen LogP) is 3.26. The summed E-state index contributed by atoms with van der Waals surface area (Å²) in [7, 11) is 1.41. The van der Waals surface area contributed by atoms with Gasteiger partial charge in [-0.25, -0.2) is 9.97 Å². The molecule has 28 heavy (non-hydrogen) atoms. The SMILES string of the molecule is CCc1ncc(C#N)n1-c1ncc(CC(C)(C)C(F)(F)F)cc1OC.O=C=O. The second kappa shape index (κ2) is 9.15. The first-order chi connectivity index (χ1) is 13.1. The minimum atomic E-state index is -4.33. The van der Waals surface area contributed by atoms with Gasteiger partial charge in [0.15, 0.2) is 11.6 Å². The number of alkyl halides is 3. The molecule has 0 N–H and O–H groups in total. The first-order valence-corrected chi connectivity index (χ1v) is 8.12. The molecule has 0 bridgehead atoms. The van der Waals surface area contributed by atoms with Crippen molar-refractivity contribution in [3.63, 3.8) is 0 Å². The van der Waals surface area contributed by atoms with E-state index in [1.165, 1.54) is 25.6 Å². The summed E-state index contributed by atoms with van der Waals surface area (Å²) >= 11 is 0. The summed E-state index contributed by atoms with van der Waals surface area (Å²) in [4.78, 5) is 24.7. The Balaban J connectivity index is 0.00000122. The van der Waals surface area contributed by atoms with Gasteiger partial charge in [0.2, 0.25) is 0 Å². The van der Waals surface area contributed by atoms with E-state index in [0.29, 0.717) is 29.4 Å². The summed E-state index contributed by atoms with van der Waals surface area (Å²) in [6.07, 6.45) is -0.926. The number of halogens is 3. The van der Waals surface area contributed by atoms with E-state index in [9.17, 15) is 18.4 Å². The van der Waals surface area contributed by atoms with E-state index in [-0.39, 0.29) is 18.3 Å². The van der Waals surface area contributed by atoms with Crippen molar-refractivity contribution in [3.05, 3.63) is 35.5 Å². The molecule has 2 aromatic heterocycles. The number of ether oxygens (including phenoxy) is 1. The van der Waals surface area contributed by atoms with Crippen LogP contribution >= 0.6 is 0 Å². The smallest absolute Gasteiger partial charge is 0.394 e. The van der Waals surface area contributed by atoms with Crippen LogP contribution in [-0.2, 0) is 22.4 Å². The molecule has 150 valence electrons. The van der Waals surface area contributed by atoms with E-state index in [0.717, 1.165) is 13.8 Å². The molecule has 2 aromatic rings. The van der Waals surface area contributed by atoms with Crippen LogP contribution < -0.4 is 4.74 Å². The van der Waals surface area contributed by atoms with Gasteiger partial charge in [0.05, 0.1) is 18.7 Å². The van der Waals surface area contributed by atoms with Gasteiger partial charge in [-0.05, 0) is 18.1 Å². The molecule has 0 unspecified atom stereocenters. The molecule has 0 aliphatic carbocycles. The Hall–Kier alpha value is -3.18. The van der Waals surface area contributed by atoms with Gasteiger partial charge >= 0.3 is 12.3 Å². The molecule has 10 heteroatoms. The van der Waals surface area contributed by atoms with Crippen LogP contribution in [0.25, 0.3) is 5.82 Å². The van der Waals surface area contributed by atoms with Gasteiger partial charge in [0.1, 0.15) is 17.6 Å². The molecule has 0 spiro atoms. The monoisotopic (exact) mass is 396 g/mol. The molecule has 0 aliphatic rings. The zero-order valence-electron chi connectivity index (χ0n) is 15.8. The van der Waals surface area contributed by atoms with Crippen LogP contribution in [0.4, 0.5) is 13.2 Å². The van der Waals surface area contributed by atoms with Crippen LogP contribution in [0.1, 0.15) is 37.9 Å². The number of aromatic nitrogens is 3. The van der Waals surface area contributed by atoms with E-state index in [1.807, 2.05) is 13.0 Å². The van der Waals surface area contributed by atoms with Crippen molar-refractivity contribution in [2.45, 2.75) is 39.8 Å². The highest BCUT2D eigenvalue weighted by Crippen LogP contribution is 2.40. The largest absolute Gasteiger partial charge is 0.493 e. The third-order valence-corrected chi connectivity index (χ3v) is 4.00. The molecule has 0 saturated heterocycles. The normalized spacial score (nSPS) is 11.1. The number of hydrogen-bond acceptors (Lipinski definition) is 6. The molecular weight excluding hydrogens is 377 g/mol. The maximum atomic E-state index is 13.1. The first-order valence-electron chi connectivity index (χ1n) is 8.12. The molecule has 0 aliphatic heterocycles. The van der Waals surface area contributed by atoms with Crippen molar-refractivity contribution in [2.75, 3.05) is 7.11 Å². The highest BCUT2D eigenvalue weighted by molar-refractivity contribution is 5.46. The van der Waals surface area contributed by atoms with Gasteiger partial charge in [-0.2, -0.15) is 28.0 Å². The number of nitrogens with zero attached hydrogens (tertiary/aromatic N) is 4. The third-order valence-electron chi connectivity index (χ3n) is 4.00. The molecular formula is C18H19F3N4O3. The minimum absolute atomic E-state index is 0.226. The molecule has 2 heterocycles. The Kier molecular flexibility index (Phi) is 7.47. The number of methoxy groups -OCH3 is 1. The molecule has 7 nitrogen and oxygen atoms in total. The second-order valence-corrected chi connectivity index (χ2v) is 6.37. The van der Waals surface area contributed by atoms with Crippen molar-refractivity contribution in [3.8, 4) is 17.6 Å². The van der Waals surface area contributed by atoms with Gasteiger partial charge in [0.25, 0.3) is 0 Å². The fraction of sp³-hybridized carbons (Fsp3) is 0.444. The summed E-state index contributed by atoms with van der Waals surface area (Å²) < 4.78 is 46.2. The second-order valence-electron chi connectivity index (χ2n) is 6.37. The molecule has 0 aromatic carbocycles. The first kappa shape index (κ1) is 22.9. The van der Waals surface area contributed by atoms with Crippen molar-refractivity contribution >= 4 is 6.15 Å². The Morgan fingerprint density at radius 2 is 1.82 bits per heavy atom. The van der Waals surface area contributed by atoms with Gasteiger partial charge in [-0.15, -0.1) is 0 Å². The fourth-order valence-electron chi connectivity index (χ4n) is 2.46. The quantitative estimate of drug-likeness (QED) is 0.769. The van der Waals surface area contributed by atoms with Crippen LogP contribution in [0.15, 0.2) is 18.5 Å². The third kappa shape index (κ3) is 4.96. The topological polar surface area (TPSA) is 97.9 Å².